The molecule has 8 saturated carbocycles. The van der Waals surface area contributed by atoms with Gasteiger partial charge in [0, 0.05) is 5.92 Å². The van der Waals surface area contributed by atoms with Crippen LogP contribution in [-0.4, -0.2) is 69.4 Å². The topological polar surface area (TPSA) is 158 Å². The van der Waals surface area contributed by atoms with E-state index in [0.717, 1.165) is 100 Å². The molecule has 8 rings (SSSR count). The lowest BCUT2D eigenvalue weighted by atomic mass is 9.66. The number of hydrogen-bond donors (Lipinski definition) is 0. The number of esters is 6. The van der Waals surface area contributed by atoms with Gasteiger partial charge in [-0.15, -0.1) is 0 Å². The highest BCUT2D eigenvalue weighted by Gasteiger charge is 2.67. The Hall–Kier alpha value is -3.18. The fourth-order valence-corrected chi connectivity index (χ4v) is 15.3. The van der Waals surface area contributed by atoms with Gasteiger partial charge >= 0.3 is 35.8 Å². The Bertz CT molecular complexity index is 2430. The molecular formula is C105H228O12. The highest BCUT2D eigenvalue weighted by Crippen LogP contribution is 2.70. The number of carbonyl (C=O) groups excluding carboxylic acids is 6. The van der Waals surface area contributed by atoms with Gasteiger partial charge in [0.05, 0.1) is 32.5 Å². The first kappa shape index (κ1) is 148. The summed E-state index contributed by atoms with van der Waals surface area (Å²) in [5, 5.41) is 0. The van der Waals surface area contributed by atoms with Gasteiger partial charge in [-0.25, -0.2) is 0 Å². The molecule has 0 aromatic rings. The molecular weight excluding hydrogens is 1450 g/mol. The molecule has 0 spiro atoms. The van der Waals surface area contributed by atoms with E-state index < -0.39 is 0 Å². The third kappa shape index (κ3) is 47.5. The number of fused-ring (bicyclic) bond motifs is 9. The van der Waals surface area contributed by atoms with Crippen LogP contribution in [0.4, 0.5) is 0 Å². The van der Waals surface area contributed by atoms with Gasteiger partial charge in [0.1, 0.15) is 33.6 Å². The van der Waals surface area contributed by atoms with E-state index in [1.807, 2.05) is 208 Å². The van der Waals surface area contributed by atoms with Gasteiger partial charge in [-0.05, 0) is 341 Å². The standard InChI is InChI=1S/C19H30O2.C15H28O2.C14H26O2.C13H24O2.C12H22O2.C10H20O2.5C2H6.12CH4/c1-5-18(2,3)17(20)21-19(4)10-13-9-14(19)16-12-7-6-11(8-12)15(13)16;1-6-14(2,3)13(16)17-15(4,5)12-10-8-7-9-11-12;1-6-13(2,3)12(15)16-14(4,5)11-9-7-8-10-11;1-5-12(2,3)11(14)15-13(4)9-7-6-8-10-13;1-5-11(2,3)10(13)14-12(4)8-6-7-9-12;1-7-10(5,6)8(11)12-9(2,3)4;5*1-2;;;;;;;;;;;;/h11-16H,5-10H2,1-4H3;12H,6-11H2,1-5H3;11H,6-10H2,1-5H3;5-10H2,1-4H3;5-9H2,1-4H3;7H2,1-6H3;5*1-2H3;12*1H4. The molecule has 7 unspecified atom stereocenters. The van der Waals surface area contributed by atoms with Crippen LogP contribution in [0, 0.1) is 79.8 Å². The lowest BCUT2D eigenvalue weighted by molar-refractivity contribution is -0.179. The SMILES string of the molecule is C.C.C.C.C.C.C.C.C.C.C.C.CC.CC.CC.CC.CC.CCC(C)(C)C(=O)OC(C)(C)C.CCC(C)(C)C(=O)OC(C)(C)C1CCCC1.CCC(C)(C)C(=O)OC(C)(C)C1CCCCC1.CCC(C)(C)C(=O)OC1(C)CC2CC1C1C3CCC(C3)C21.CCC(C)(C)C(=O)OC1(C)CCCC1.CCC(C)(C)C(=O)OC1(C)CCCCC1. The average Bonchev–Trinajstić information content (AvgIpc) is 1.54. The first-order chi connectivity index (χ1) is 48.4. The first-order valence-electron chi connectivity index (χ1n) is 43.8. The number of ether oxygens (including phenoxy) is 6. The van der Waals surface area contributed by atoms with Gasteiger partial charge in [0.25, 0.3) is 0 Å². The fraction of sp³-hybridized carbons (Fsp3) is 0.943. The Morgan fingerprint density at radius 3 is 0.786 bits per heavy atom. The second-order valence-corrected chi connectivity index (χ2v) is 37.7. The Morgan fingerprint density at radius 1 is 0.282 bits per heavy atom. The van der Waals surface area contributed by atoms with E-state index >= 15 is 0 Å². The van der Waals surface area contributed by atoms with Crippen molar-refractivity contribution in [3.63, 3.8) is 0 Å². The molecule has 4 bridgehead atoms. The summed E-state index contributed by atoms with van der Waals surface area (Å²) in [7, 11) is 0. The van der Waals surface area contributed by atoms with Crippen LogP contribution in [-0.2, 0) is 57.2 Å². The molecule has 0 N–H and O–H groups in total. The Morgan fingerprint density at radius 2 is 0.513 bits per heavy atom. The third-order valence-corrected chi connectivity index (χ3v) is 25.3. The molecule has 117 heavy (non-hydrogen) atoms. The van der Waals surface area contributed by atoms with Crippen molar-refractivity contribution in [3.8, 4) is 0 Å². The van der Waals surface area contributed by atoms with Gasteiger partial charge in [-0.2, -0.15) is 0 Å². The minimum Gasteiger partial charge on any atom is -0.460 e. The largest absolute Gasteiger partial charge is 0.460 e. The van der Waals surface area contributed by atoms with Crippen molar-refractivity contribution in [2.45, 2.75) is 572 Å². The van der Waals surface area contributed by atoms with Gasteiger partial charge in [0.15, 0.2) is 0 Å². The summed E-state index contributed by atoms with van der Waals surface area (Å²) >= 11 is 0. The molecule has 8 aliphatic rings. The second kappa shape index (κ2) is 66.3. The molecule has 0 aliphatic heterocycles. The molecule has 8 aliphatic carbocycles. The predicted octanol–water partition coefficient (Wildman–Crippen LogP) is 35.2. The predicted molar refractivity (Wildman–Crippen MR) is 526 cm³/mol. The zero-order valence-corrected chi connectivity index (χ0v) is 77.0. The molecule has 0 heterocycles. The molecule has 12 nitrogen and oxygen atoms in total. The smallest absolute Gasteiger partial charge is 0.312 e. The lowest BCUT2D eigenvalue weighted by Gasteiger charge is -2.45. The van der Waals surface area contributed by atoms with E-state index in [1.165, 1.54) is 116 Å². The van der Waals surface area contributed by atoms with Crippen LogP contribution in [0.2, 0.25) is 0 Å². The zero-order chi connectivity index (χ0) is 82.8. The van der Waals surface area contributed by atoms with Crippen LogP contribution in [0.3, 0.4) is 0 Å². The summed E-state index contributed by atoms with van der Waals surface area (Å²) in [6.45, 7) is 76.0. The van der Waals surface area contributed by atoms with Gasteiger partial charge in [-0.1, -0.05) is 238 Å². The van der Waals surface area contributed by atoms with E-state index in [0.29, 0.717) is 17.8 Å². The molecule has 0 amide bonds. The van der Waals surface area contributed by atoms with Gasteiger partial charge in [-0.3, -0.25) is 28.8 Å². The molecule has 12 heteroatoms. The second-order valence-electron chi connectivity index (χ2n) is 37.7. The van der Waals surface area contributed by atoms with Crippen molar-refractivity contribution in [1.82, 2.24) is 0 Å². The molecule has 0 saturated heterocycles. The molecule has 0 radical (unpaired) electrons. The molecule has 720 valence electrons. The maximum absolute atomic E-state index is 12.6. The summed E-state index contributed by atoms with van der Waals surface area (Å²) in [5.74, 6) is 6.16. The van der Waals surface area contributed by atoms with E-state index in [9.17, 15) is 28.8 Å². The Labute approximate surface area is 740 Å². The van der Waals surface area contributed by atoms with E-state index in [4.69, 9.17) is 28.4 Å². The van der Waals surface area contributed by atoms with Crippen molar-refractivity contribution >= 4 is 35.8 Å². The third-order valence-electron chi connectivity index (χ3n) is 25.3. The molecule has 0 aromatic carbocycles. The quantitative estimate of drug-likeness (QED) is 0.0686. The highest BCUT2D eigenvalue weighted by atomic mass is 16.6. The Balaban J connectivity index is -0.0000000792. The summed E-state index contributed by atoms with van der Waals surface area (Å²) in [4.78, 5) is 72.0. The summed E-state index contributed by atoms with van der Waals surface area (Å²) in [6, 6.07) is 0. The van der Waals surface area contributed by atoms with Crippen LogP contribution in [0.1, 0.15) is 538 Å². The maximum atomic E-state index is 12.6. The Kier molecular flexibility index (Phi) is 84.1. The van der Waals surface area contributed by atoms with Crippen LogP contribution >= 0.6 is 0 Å². The highest BCUT2D eigenvalue weighted by molar-refractivity contribution is 5.78. The minimum atomic E-state index is -0.372. The fourth-order valence-electron chi connectivity index (χ4n) is 15.3. The number of carbonyl (C=O) groups is 6. The summed E-state index contributed by atoms with van der Waals surface area (Å²) in [6.07, 6.45) is 33.3. The van der Waals surface area contributed by atoms with Gasteiger partial charge in [0.2, 0.25) is 0 Å². The lowest BCUT2D eigenvalue weighted by Crippen LogP contribution is -2.47. The average molecular weight is 1680 g/mol. The normalized spacial score (nSPS) is 21.2. The summed E-state index contributed by atoms with van der Waals surface area (Å²) in [5.41, 5.74) is -3.56. The molecule has 8 fully saturated rings. The number of hydrogen-bond acceptors (Lipinski definition) is 12. The van der Waals surface area contributed by atoms with Crippen molar-refractivity contribution in [3.05, 3.63) is 0 Å². The molecule has 0 aromatic heterocycles. The minimum absolute atomic E-state index is 0. The van der Waals surface area contributed by atoms with Crippen molar-refractivity contribution in [1.29, 1.82) is 0 Å². The van der Waals surface area contributed by atoms with Crippen molar-refractivity contribution < 1.29 is 57.2 Å². The van der Waals surface area contributed by atoms with Crippen LogP contribution < -0.4 is 0 Å². The van der Waals surface area contributed by atoms with Crippen molar-refractivity contribution in [2.24, 2.45) is 79.8 Å². The molecule has 7 atom stereocenters. The van der Waals surface area contributed by atoms with Crippen molar-refractivity contribution in [2.75, 3.05) is 0 Å². The zero-order valence-electron chi connectivity index (χ0n) is 77.0. The van der Waals surface area contributed by atoms with E-state index in [1.54, 1.807) is 0 Å². The monoisotopic (exact) mass is 1680 g/mol. The van der Waals surface area contributed by atoms with Gasteiger partial charge < -0.3 is 28.4 Å². The number of rotatable bonds is 19. The van der Waals surface area contributed by atoms with E-state index in [2.05, 4.69) is 55.4 Å². The summed E-state index contributed by atoms with van der Waals surface area (Å²) < 4.78 is 34.3. The van der Waals surface area contributed by atoms with E-state index in [-0.39, 0.29) is 191 Å². The van der Waals surface area contributed by atoms with Crippen LogP contribution in [0.15, 0.2) is 0 Å². The first-order valence-corrected chi connectivity index (χ1v) is 43.8. The van der Waals surface area contributed by atoms with Crippen LogP contribution in [0.25, 0.3) is 0 Å². The van der Waals surface area contributed by atoms with Crippen LogP contribution in [0.5, 0.6) is 0 Å². The maximum Gasteiger partial charge on any atom is 0.312 e.